The van der Waals surface area contributed by atoms with Crippen LogP contribution in [0.1, 0.15) is 48.2 Å². The molecule has 2 amide bonds. The third-order valence-electron chi connectivity index (χ3n) is 7.15. The van der Waals surface area contributed by atoms with Crippen LogP contribution in [0.4, 0.5) is 5.69 Å². The lowest BCUT2D eigenvalue weighted by molar-refractivity contribution is -0.120. The van der Waals surface area contributed by atoms with Crippen molar-refractivity contribution in [3.8, 4) is 5.75 Å². The number of nitrogens with one attached hydrogen (secondary N) is 2. The molecule has 0 saturated carbocycles. The van der Waals surface area contributed by atoms with Crippen molar-refractivity contribution in [2.45, 2.75) is 51.9 Å². The fourth-order valence-electron chi connectivity index (χ4n) is 5.27. The number of fused-ring (bicyclic) bond motifs is 2. The number of para-hydroxylation sites is 1. The van der Waals surface area contributed by atoms with Crippen LogP contribution in [0.25, 0.3) is 0 Å². The predicted molar refractivity (Wildman–Crippen MR) is 132 cm³/mol. The number of anilines is 1. The SMILES string of the molecule is CC(C)N1C[C@H](CN2Cc3ccccc3C2)Oc2c(NC(=O)C3CCNCC3)cccc2C1=O. The number of nitrogens with zero attached hydrogens (tertiary/aromatic N) is 2. The van der Waals surface area contributed by atoms with E-state index in [0.29, 0.717) is 30.1 Å². The molecular weight excluding hydrogens is 428 g/mol. The maximum Gasteiger partial charge on any atom is 0.258 e. The molecule has 5 rings (SSSR count). The first-order valence-electron chi connectivity index (χ1n) is 12.4. The Kier molecular flexibility index (Phi) is 6.57. The van der Waals surface area contributed by atoms with Gasteiger partial charge < -0.3 is 20.3 Å². The highest BCUT2D eigenvalue weighted by molar-refractivity contribution is 6.02. The molecule has 0 aromatic heterocycles. The number of ether oxygens (including phenoxy) is 1. The summed E-state index contributed by atoms with van der Waals surface area (Å²) in [5.74, 6) is 0.432. The van der Waals surface area contributed by atoms with Crippen LogP contribution < -0.4 is 15.4 Å². The molecule has 2 N–H and O–H groups in total. The van der Waals surface area contributed by atoms with Gasteiger partial charge in [0, 0.05) is 31.6 Å². The molecular formula is C27H34N4O3. The van der Waals surface area contributed by atoms with Gasteiger partial charge in [-0.3, -0.25) is 14.5 Å². The summed E-state index contributed by atoms with van der Waals surface area (Å²) in [4.78, 5) is 30.7. The molecule has 0 unspecified atom stereocenters. The summed E-state index contributed by atoms with van der Waals surface area (Å²) in [5, 5.41) is 6.38. The summed E-state index contributed by atoms with van der Waals surface area (Å²) in [5.41, 5.74) is 3.81. The Bertz CT molecular complexity index is 1040. The second-order valence-electron chi connectivity index (χ2n) is 9.93. The van der Waals surface area contributed by atoms with Crippen molar-refractivity contribution in [3.63, 3.8) is 0 Å². The van der Waals surface area contributed by atoms with Crippen LogP contribution in [0.3, 0.4) is 0 Å². The zero-order valence-corrected chi connectivity index (χ0v) is 20.0. The van der Waals surface area contributed by atoms with Gasteiger partial charge in [-0.2, -0.15) is 0 Å². The van der Waals surface area contributed by atoms with E-state index < -0.39 is 0 Å². The number of hydrogen-bond acceptors (Lipinski definition) is 5. The second kappa shape index (κ2) is 9.76. The summed E-state index contributed by atoms with van der Waals surface area (Å²) < 4.78 is 6.56. The molecule has 180 valence electrons. The molecule has 3 aliphatic heterocycles. The Labute approximate surface area is 201 Å². The van der Waals surface area contributed by atoms with E-state index in [1.54, 1.807) is 6.07 Å². The predicted octanol–water partition coefficient (Wildman–Crippen LogP) is 3.25. The number of amides is 2. The number of carbonyl (C=O) groups excluding carboxylic acids is 2. The minimum atomic E-state index is -0.196. The van der Waals surface area contributed by atoms with Gasteiger partial charge in [0.25, 0.3) is 5.91 Å². The zero-order chi connectivity index (χ0) is 23.7. The minimum absolute atomic E-state index is 0.00227. The van der Waals surface area contributed by atoms with Gasteiger partial charge in [-0.1, -0.05) is 30.3 Å². The van der Waals surface area contributed by atoms with Crippen LogP contribution in [-0.2, 0) is 17.9 Å². The van der Waals surface area contributed by atoms with Crippen molar-refractivity contribution in [1.82, 2.24) is 15.1 Å². The third kappa shape index (κ3) is 4.68. The quantitative estimate of drug-likeness (QED) is 0.714. The van der Waals surface area contributed by atoms with Crippen LogP contribution in [0.2, 0.25) is 0 Å². The van der Waals surface area contributed by atoms with E-state index in [0.717, 1.165) is 39.0 Å². The number of rotatable bonds is 5. The summed E-state index contributed by atoms with van der Waals surface area (Å²) in [6, 6.07) is 14.0. The number of benzene rings is 2. The van der Waals surface area contributed by atoms with E-state index in [-0.39, 0.29) is 29.9 Å². The van der Waals surface area contributed by atoms with Crippen LogP contribution in [0.5, 0.6) is 5.75 Å². The average Bonchev–Trinajstić information content (AvgIpc) is 3.19. The van der Waals surface area contributed by atoms with Crippen molar-refractivity contribution >= 4 is 17.5 Å². The lowest BCUT2D eigenvalue weighted by Gasteiger charge is -2.29. The van der Waals surface area contributed by atoms with E-state index in [1.165, 1.54) is 11.1 Å². The van der Waals surface area contributed by atoms with Gasteiger partial charge in [0.2, 0.25) is 5.91 Å². The summed E-state index contributed by atoms with van der Waals surface area (Å²) in [6.45, 7) is 8.76. The first-order chi connectivity index (χ1) is 16.5. The van der Waals surface area contributed by atoms with Gasteiger partial charge in [-0.25, -0.2) is 0 Å². The number of carbonyl (C=O) groups is 2. The number of piperidine rings is 1. The van der Waals surface area contributed by atoms with Crippen molar-refractivity contribution < 1.29 is 14.3 Å². The summed E-state index contributed by atoms with van der Waals surface area (Å²) in [7, 11) is 0. The standard InChI is InChI=1S/C27H34N4O3/c1-18(2)31-17-22(16-30-14-20-6-3-4-7-21(20)15-30)34-25-23(27(31)33)8-5-9-24(25)29-26(32)19-10-12-28-13-11-19/h3-9,18-19,22,28H,10-17H2,1-2H3,(H,29,32)/t22-/m0/s1. The Morgan fingerprint density at radius 2 is 1.79 bits per heavy atom. The van der Waals surface area contributed by atoms with Crippen molar-refractivity contribution in [2.75, 3.05) is 31.5 Å². The first-order valence-corrected chi connectivity index (χ1v) is 12.4. The average molecular weight is 463 g/mol. The van der Waals surface area contributed by atoms with Crippen LogP contribution in [0.15, 0.2) is 42.5 Å². The second-order valence-corrected chi connectivity index (χ2v) is 9.93. The molecule has 1 atom stereocenters. The fourth-order valence-corrected chi connectivity index (χ4v) is 5.27. The van der Waals surface area contributed by atoms with Crippen LogP contribution >= 0.6 is 0 Å². The van der Waals surface area contributed by atoms with E-state index in [9.17, 15) is 9.59 Å². The Morgan fingerprint density at radius 1 is 1.09 bits per heavy atom. The minimum Gasteiger partial charge on any atom is -0.484 e. The molecule has 0 bridgehead atoms. The van der Waals surface area contributed by atoms with Gasteiger partial charge >= 0.3 is 0 Å². The highest BCUT2D eigenvalue weighted by Crippen LogP contribution is 2.35. The Balaban J connectivity index is 1.39. The molecule has 1 fully saturated rings. The molecule has 2 aromatic rings. The maximum absolute atomic E-state index is 13.5. The molecule has 0 radical (unpaired) electrons. The number of hydrogen-bond donors (Lipinski definition) is 2. The van der Waals surface area contributed by atoms with E-state index >= 15 is 0 Å². The molecule has 7 nitrogen and oxygen atoms in total. The molecule has 0 spiro atoms. The van der Waals surface area contributed by atoms with E-state index in [1.807, 2.05) is 30.9 Å². The highest BCUT2D eigenvalue weighted by atomic mass is 16.5. The molecule has 1 saturated heterocycles. The maximum atomic E-state index is 13.5. The zero-order valence-electron chi connectivity index (χ0n) is 20.0. The monoisotopic (exact) mass is 462 g/mol. The lowest BCUT2D eigenvalue weighted by atomic mass is 9.97. The lowest BCUT2D eigenvalue weighted by Crippen LogP contribution is -2.45. The van der Waals surface area contributed by atoms with Crippen LogP contribution in [0, 0.1) is 5.92 Å². The van der Waals surface area contributed by atoms with Crippen molar-refractivity contribution in [3.05, 3.63) is 59.2 Å². The smallest absolute Gasteiger partial charge is 0.258 e. The van der Waals surface area contributed by atoms with E-state index in [4.69, 9.17) is 4.74 Å². The van der Waals surface area contributed by atoms with Gasteiger partial charge in [0.1, 0.15) is 6.10 Å². The molecule has 2 aromatic carbocycles. The van der Waals surface area contributed by atoms with Crippen molar-refractivity contribution in [1.29, 1.82) is 0 Å². The van der Waals surface area contributed by atoms with Gasteiger partial charge in [-0.05, 0) is 63.0 Å². The molecule has 3 aliphatic rings. The first kappa shape index (κ1) is 22.9. The van der Waals surface area contributed by atoms with Gasteiger partial charge in [0.05, 0.1) is 17.8 Å². The Hall–Kier alpha value is -2.90. The molecule has 0 aliphatic carbocycles. The Morgan fingerprint density at radius 3 is 2.47 bits per heavy atom. The summed E-state index contributed by atoms with van der Waals surface area (Å²) in [6.07, 6.45) is 1.44. The van der Waals surface area contributed by atoms with Gasteiger partial charge in [-0.15, -0.1) is 0 Å². The highest BCUT2D eigenvalue weighted by Gasteiger charge is 2.34. The van der Waals surface area contributed by atoms with Gasteiger partial charge in [0.15, 0.2) is 5.75 Å². The largest absolute Gasteiger partial charge is 0.484 e. The summed E-state index contributed by atoms with van der Waals surface area (Å²) >= 11 is 0. The van der Waals surface area contributed by atoms with Crippen LogP contribution in [-0.4, -0.2) is 59.9 Å². The fraction of sp³-hybridized carbons (Fsp3) is 0.481. The normalized spacial score (nSPS) is 21.1. The third-order valence-corrected chi connectivity index (χ3v) is 7.15. The molecule has 3 heterocycles. The molecule has 34 heavy (non-hydrogen) atoms. The van der Waals surface area contributed by atoms with E-state index in [2.05, 4.69) is 39.8 Å². The topological polar surface area (TPSA) is 73.9 Å². The van der Waals surface area contributed by atoms with Crippen molar-refractivity contribution in [2.24, 2.45) is 5.92 Å². The molecule has 7 heteroatoms.